The Balaban J connectivity index is 1.71. The highest BCUT2D eigenvalue weighted by Crippen LogP contribution is 2.31. The van der Waals surface area contributed by atoms with E-state index >= 15 is 0 Å². The van der Waals surface area contributed by atoms with Crippen LogP contribution in [0, 0.1) is 13.8 Å². The minimum atomic E-state index is -0.278. The molecule has 1 aliphatic heterocycles. The highest BCUT2D eigenvalue weighted by molar-refractivity contribution is 7.11. The largest absolute Gasteiger partial charge is 0.338 e. The van der Waals surface area contributed by atoms with Gasteiger partial charge in [0.2, 0.25) is 0 Å². The lowest BCUT2D eigenvalue weighted by molar-refractivity contribution is 0.0711. The van der Waals surface area contributed by atoms with Crippen LogP contribution in [0.5, 0.6) is 0 Å². The number of amides is 1. The average Bonchev–Trinajstić information content (AvgIpc) is 3.02. The van der Waals surface area contributed by atoms with E-state index in [9.17, 15) is 9.59 Å². The van der Waals surface area contributed by atoms with Crippen molar-refractivity contribution in [3.63, 3.8) is 0 Å². The molecule has 0 atom stereocenters. The van der Waals surface area contributed by atoms with Gasteiger partial charge in [-0.05, 0) is 44.7 Å². The van der Waals surface area contributed by atoms with Crippen molar-refractivity contribution in [3.8, 4) is 0 Å². The number of aromatic nitrogens is 2. The molecular weight excluding hydrogens is 322 g/mol. The molecule has 1 amide bonds. The Morgan fingerprint density at radius 3 is 2.67 bits per heavy atom. The fourth-order valence-corrected chi connectivity index (χ4v) is 4.20. The maximum absolute atomic E-state index is 12.7. The smallest absolute Gasteiger partial charge is 0.261 e. The SMILES string of the molecule is CCc1[nH]c(=O)c(C(=O)N2CCC(c3ncc(C)s3)CC2)cc1C. The number of nitrogens with zero attached hydrogens (tertiary/aromatic N) is 2. The van der Waals surface area contributed by atoms with Crippen LogP contribution < -0.4 is 5.56 Å². The fraction of sp³-hybridized carbons (Fsp3) is 0.500. The van der Waals surface area contributed by atoms with Crippen molar-refractivity contribution in [2.45, 2.75) is 46.0 Å². The first kappa shape index (κ1) is 16.9. The third-order valence-electron chi connectivity index (χ3n) is 4.70. The molecule has 0 radical (unpaired) electrons. The number of aryl methyl sites for hydroxylation is 3. The van der Waals surface area contributed by atoms with Crippen LogP contribution >= 0.6 is 11.3 Å². The molecule has 0 aromatic carbocycles. The number of nitrogens with one attached hydrogen (secondary N) is 1. The Morgan fingerprint density at radius 2 is 2.08 bits per heavy atom. The first-order chi connectivity index (χ1) is 11.5. The second kappa shape index (κ2) is 6.89. The van der Waals surface area contributed by atoms with Gasteiger partial charge in [-0.25, -0.2) is 4.98 Å². The Bertz CT molecular complexity index is 801. The van der Waals surface area contributed by atoms with Gasteiger partial charge in [-0.15, -0.1) is 11.3 Å². The van der Waals surface area contributed by atoms with Crippen molar-refractivity contribution in [1.82, 2.24) is 14.9 Å². The molecule has 1 fully saturated rings. The van der Waals surface area contributed by atoms with Crippen LogP contribution in [-0.2, 0) is 6.42 Å². The molecule has 0 bridgehead atoms. The average molecular weight is 345 g/mol. The molecule has 0 unspecified atom stereocenters. The van der Waals surface area contributed by atoms with E-state index in [-0.39, 0.29) is 17.0 Å². The lowest BCUT2D eigenvalue weighted by atomic mass is 9.97. The number of hydrogen-bond acceptors (Lipinski definition) is 4. The number of carbonyl (C=O) groups excluding carboxylic acids is 1. The fourth-order valence-electron chi connectivity index (χ4n) is 3.26. The summed E-state index contributed by atoms with van der Waals surface area (Å²) in [6, 6.07) is 1.73. The van der Waals surface area contributed by atoms with E-state index in [0.717, 1.165) is 30.5 Å². The van der Waals surface area contributed by atoms with Crippen molar-refractivity contribution >= 4 is 17.2 Å². The van der Waals surface area contributed by atoms with Gasteiger partial charge in [0.15, 0.2) is 0 Å². The van der Waals surface area contributed by atoms with Crippen LogP contribution in [-0.4, -0.2) is 33.9 Å². The summed E-state index contributed by atoms with van der Waals surface area (Å²) >= 11 is 1.74. The molecule has 0 saturated carbocycles. The molecule has 3 rings (SSSR count). The van der Waals surface area contributed by atoms with Gasteiger partial charge >= 0.3 is 0 Å². The molecule has 2 aromatic heterocycles. The normalized spacial score (nSPS) is 15.7. The zero-order chi connectivity index (χ0) is 17.3. The molecular formula is C18H23N3O2S. The third-order valence-corrected chi connectivity index (χ3v) is 5.78. The number of rotatable bonds is 3. The summed E-state index contributed by atoms with van der Waals surface area (Å²) in [4.78, 5) is 35.3. The van der Waals surface area contributed by atoms with Crippen molar-refractivity contribution in [2.75, 3.05) is 13.1 Å². The van der Waals surface area contributed by atoms with E-state index in [1.54, 1.807) is 22.3 Å². The zero-order valence-electron chi connectivity index (χ0n) is 14.4. The van der Waals surface area contributed by atoms with Crippen molar-refractivity contribution in [2.24, 2.45) is 0 Å². The number of pyridine rings is 1. The molecule has 5 nitrogen and oxygen atoms in total. The van der Waals surface area contributed by atoms with Crippen molar-refractivity contribution < 1.29 is 4.79 Å². The number of hydrogen-bond donors (Lipinski definition) is 1. The second-order valence-corrected chi connectivity index (χ2v) is 7.67. The molecule has 1 saturated heterocycles. The number of H-pyrrole nitrogens is 1. The minimum absolute atomic E-state index is 0.157. The predicted octanol–water partition coefficient (Wildman–Crippen LogP) is 3.03. The molecule has 2 aromatic rings. The van der Waals surface area contributed by atoms with E-state index in [4.69, 9.17) is 0 Å². The van der Waals surface area contributed by atoms with Gasteiger partial charge in [0.25, 0.3) is 11.5 Å². The maximum Gasteiger partial charge on any atom is 0.261 e. The van der Waals surface area contributed by atoms with E-state index in [2.05, 4.69) is 16.9 Å². The summed E-state index contributed by atoms with van der Waals surface area (Å²) in [6.45, 7) is 7.34. The number of carbonyl (C=O) groups is 1. The Hall–Kier alpha value is -1.95. The summed E-state index contributed by atoms with van der Waals surface area (Å²) in [5, 5.41) is 1.17. The van der Waals surface area contributed by atoms with Crippen molar-refractivity contribution in [3.05, 3.63) is 49.3 Å². The van der Waals surface area contributed by atoms with Crippen LogP contribution in [0.1, 0.15) is 57.2 Å². The molecule has 6 heteroatoms. The first-order valence-corrected chi connectivity index (χ1v) is 9.25. The van der Waals surface area contributed by atoms with Crippen LogP contribution in [0.4, 0.5) is 0 Å². The Kier molecular flexibility index (Phi) is 4.85. The standard InChI is InChI=1S/C18H23N3O2S/c1-4-15-11(2)9-14(16(22)20-15)18(23)21-7-5-13(6-8-21)17-19-10-12(3)24-17/h9-10,13H,4-8H2,1-3H3,(H,20,22). The molecule has 128 valence electrons. The molecule has 1 N–H and O–H groups in total. The lowest BCUT2D eigenvalue weighted by Gasteiger charge is -2.31. The Morgan fingerprint density at radius 1 is 1.38 bits per heavy atom. The van der Waals surface area contributed by atoms with E-state index < -0.39 is 0 Å². The number of piperidine rings is 1. The number of thiazole rings is 1. The van der Waals surface area contributed by atoms with Gasteiger partial charge in [0.05, 0.1) is 5.01 Å². The van der Waals surface area contributed by atoms with Gasteiger partial charge in [-0.1, -0.05) is 6.92 Å². The van der Waals surface area contributed by atoms with Crippen molar-refractivity contribution in [1.29, 1.82) is 0 Å². The Labute approximate surface area is 145 Å². The number of aromatic amines is 1. The number of likely N-dealkylation sites (tertiary alicyclic amines) is 1. The topological polar surface area (TPSA) is 66.1 Å². The van der Waals surface area contributed by atoms with Gasteiger partial charge in [-0.3, -0.25) is 9.59 Å². The minimum Gasteiger partial charge on any atom is -0.338 e. The van der Waals surface area contributed by atoms with Gasteiger partial charge in [0, 0.05) is 35.8 Å². The van der Waals surface area contributed by atoms with E-state index in [1.165, 1.54) is 9.88 Å². The summed E-state index contributed by atoms with van der Waals surface area (Å²) < 4.78 is 0. The van der Waals surface area contributed by atoms with Crippen LogP contribution in [0.15, 0.2) is 17.1 Å². The molecule has 0 aliphatic carbocycles. The van der Waals surface area contributed by atoms with Gasteiger partial charge in [-0.2, -0.15) is 0 Å². The highest BCUT2D eigenvalue weighted by atomic mass is 32.1. The van der Waals surface area contributed by atoms with Gasteiger partial charge in [0.1, 0.15) is 5.56 Å². The lowest BCUT2D eigenvalue weighted by Crippen LogP contribution is -2.40. The van der Waals surface area contributed by atoms with E-state index in [1.807, 2.05) is 20.0 Å². The van der Waals surface area contributed by atoms with Gasteiger partial charge < -0.3 is 9.88 Å². The van der Waals surface area contributed by atoms with Crippen LogP contribution in [0.2, 0.25) is 0 Å². The first-order valence-electron chi connectivity index (χ1n) is 8.44. The predicted molar refractivity (Wildman–Crippen MR) is 95.9 cm³/mol. The summed E-state index contributed by atoms with van der Waals surface area (Å²) in [5.41, 5.74) is 1.84. The summed E-state index contributed by atoms with van der Waals surface area (Å²) in [7, 11) is 0. The summed E-state index contributed by atoms with van der Waals surface area (Å²) in [6.07, 6.45) is 4.48. The highest BCUT2D eigenvalue weighted by Gasteiger charge is 2.27. The second-order valence-electron chi connectivity index (χ2n) is 6.40. The van der Waals surface area contributed by atoms with Crippen LogP contribution in [0.3, 0.4) is 0 Å². The third kappa shape index (κ3) is 3.29. The molecule has 24 heavy (non-hydrogen) atoms. The molecule has 0 spiro atoms. The molecule has 1 aliphatic rings. The summed E-state index contributed by atoms with van der Waals surface area (Å²) in [5.74, 6) is 0.269. The van der Waals surface area contributed by atoms with Crippen LogP contribution in [0.25, 0.3) is 0 Å². The quantitative estimate of drug-likeness (QED) is 0.930. The monoisotopic (exact) mass is 345 g/mol. The maximum atomic E-state index is 12.7. The zero-order valence-corrected chi connectivity index (χ0v) is 15.2. The van der Waals surface area contributed by atoms with E-state index in [0.29, 0.717) is 19.0 Å². The molecule has 3 heterocycles.